The smallest absolute Gasteiger partial charge is 0.320 e. The van der Waals surface area contributed by atoms with E-state index in [1.165, 1.54) is 30.9 Å². The Bertz CT molecular complexity index is 782. The molecule has 1 N–H and O–H groups in total. The number of aromatic nitrogens is 1. The normalized spacial score (nSPS) is 17.3. The number of nitrogens with one attached hydrogen (secondary N) is 1. The van der Waals surface area contributed by atoms with E-state index in [4.69, 9.17) is 9.47 Å². The molecule has 2 aromatic rings. The van der Waals surface area contributed by atoms with Gasteiger partial charge in [0, 0.05) is 23.1 Å². The van der Waals surface area contributed by atoms with Gasteiger partial charge in [0.2, 0.25) is 0 Å². The minimum Gasteiger partial charge on any atom is -0.468 e. The lowest BCUT2D eigenvalue weighted by atomic mass is 9.91. The van der Waals surface area contributed by atoms with E-state index in [0.717, 1.165) is 25.0 Å². The van der Waals surface area contributed by atoms with E-state index in [1.807, 2.05) is 6.07 Å². The summed E-state index contributed by atoms with van der Waals surface area (Å²) in [5.41, 5.74) is 3.69. The molecule has 26 heavy (non-hydrogen) atoms. The van der Waals surface area contributed by atoms with Crippen LogP contribution in [-0.2, 0) is 25.5 Å². The third-order valence-corrected chi connectivity index (χ3v) is 5.38. The summed E-state index contributed by atoms with van der Waals surface area (Å²) in [6.45, 7) is 4.02. The van der Waals surface area contributed by atoms with E-state index in [-0.39, 0.29) is 6.04 Å². The van der Waals surface area contributed by atoms with Crippen LogP contribution in [0.3, 0.4) is 0 Å². The number of carbonyl (C=O) groups excluding carboxylic acids is 2. The lowest BCUT2D eigenvalue weighted by Gasteiger charge is -2.35. The van der Waals surface area contributed by atoms with Gasteiger partial charge < -0.3 is 14.5 Å². The third-order valence-electron chi connectivity index (χ3n) is 5.38. The van der Waals surface area contributed by atoms with Gasteiger partial charge >= 0.3 is 11.9 Å². The number of esters is 2. The van der Waals surface area contributed by atoms with Crippen LogP contribution in [0.2, 0.25) is 0 Å². The van der Waals surface area contributed by atoms with E-state index in [1.54, 1.807) is 0 Å². The fraction of sp³-hybridized carbons (Fsp3) is 0.500. The highest BCUT2D eigenvalue weighted by molar-refractivity contribution is 5.94. The Kier molecular flexibility index (Phi) is 5.61. The predicted molar refractivity (Wildman–Crippen MR) is 98.7 cm³/mol. The average molecular weight is 358 g/mol. The molecule has 1 aliphatic rings. The van der Waals surface area contributed by atoms with Crippen molar-refractivity contribution < 1.29 is 19.1 Å². The van der Waals surface area contributed by atoms with Crippen LogP contribution < -0.4 is 0 Å². The number of hydrogen-bond donors (Lipinski definition) is 1. The summed E-state index contributed by atoms with van der Waals surface area (Å²) in [5, 5.41) is 1.26. The second kappa shape index (κ2) is 7.91. The maximum absolute atomic E-state index is 12.0. The van der Waals surface area contributed by atoms with Crippen molar-refractivity contribution in [2.45, 2.75) is 32.2 Å². The highest BCUT2D eigenvalue weighted by atomic mass is 16.5. The van der Waals surface area contributed by atoms with Gasteiger partial charge in [-0.15, -0.1) is 0 Å². The number of nitrogens with zero attached hydrogens (tertiary/aromatic N) is 1. The zero-order valence-corrected chi connectivity index (χ0v) is 15.6. The molecule has 1 atom stereocenters. The van der Waals surface area contributed by atoms with Gasteiger partial charge in [-0.2, -0.15) is 0 Å². The van der Waals surface area contributed by atoms with Gasteiger partial charge in [0.05, 0.1) is 20.3 Å². The Morgan fingerprint density at radius 2 is 1.92 bits per heavy atom. The van der Waals surface area contributed by atoms with Crippen LogP contribution in [-0.4, -0.2) is 49.1 Å². The number of methoxy groups -OCH3 is 2. The van der Waals surface area contributed by atoms with Gasteiger partial charge in [0.25, 0.3) is 0 Å². The third kappa shape index (κ3) is 3.33. The zero-order chi connectivity index (χ0) is 18.7. The first-order valence-corrected chi connectivity index (χ1v) is 9.09. The summed E-state index contributed by atoms with van der Waals surface area (Å²) in [6, 6.07) is 8.47. The van der Waals surface area contributed by atoms with Crippen LogP contribution in [0.1, 0.15) is 37.1 Å². The largest absolute Gasteiger partial charge is 0.468 e. The molecule has 140 valence electrons. The van der Waals surface area contributed by atoms with Crippen molar-refractivity contribution in [2.75, 3.05) is 27.3 Å². The van der Waals surface area contributed by atoms with E-state index >= 15 is 0 Å². The minimum absolute atomic E-state index is 0.146. The van der Waals surface area contributed by atoms with Crippen molar-refractivity contribution in [3.63, 3.8) is 0 Å². The Balaban J connectivity index is 1.88. The molecule has 1 aromatic carbocycles. The quantitative estimate of drug-likeness (QED) is 0.635. The standard InChI is InChI=1S/C20H26N2O4/c1-4-22-12-11-14-13-7-5-6-8-16(13)21-18(14)17(22)10-9-15(19(23)25-2)20(24)26-3/h5-8,15,17,21H,4,9-12H2,1-3H3. The molecule has 0 fully saturated rings. The Hall–Kier alpha value is -2.34. The number of H-pyrrole nitrogens is 1. The summed E-state index contributed by atoms with van der Waals surface area (Å²) in [6.07, 6.45) is 2.08. The molecule has 0 saturated carbocycles. The van der Waals surface area contributed by atoms with Crippen molar-refractivity contribution in [3.05, 3.63) is 35.5 Å². The number of rotatable bonds is 6. The summed E-state index contributed by atoms with van der Waals surface area (Å²) in [4.78, 5) is 29.9. The van der Waals surface area contributed by atoms with Crippen LogP contribution in [0, 0.1) is 5.92 Å². The molecule has 0 aliphatic carbocycles. The molecule has 0 bridgehead atoms. The van der Waals surface area contributed by atoms with Crippen molar-refractivity contribution in [2.24, 2.45) is 5.92 Å². The number of aromatic amines is 1. The second-order valence-corrected chi connectivity index (χ2v) is 6.63. The zero-order valence-electron chi connectivity index (χ0n) is 15.6. The van der Waals surface area contributed by atoms with Crippen molar-refractivity contribution >= 4 is 22.8 Å². The number of benzene rings is 1. The van der Waals surface area contributed by atoms with Gasteiger partial charge in [0.15, 0.2) is 5.92 Å². The summed E-state index contributed by atoms with van der Waals surface area (Å²) >= 11 is 0. The number of likely N-dealkylation sites (N-methyl/N-ethyl adjacent to an activating group) is 1. The fourth-order valence-electron chi connectivity index (χ4n) is 4.01. The Labute approximate surface area is 153 Å². The van der Waals surface area contributed by atoms with Crippen molar-refractivity contribution in [3.8, 4) is 0 Å². The molecule has 1 unspecified atom stereocenters. The van der Waals surface area contributed by atoms with E-state index < -0.39 is 17.9 Å². The van der Waals surface area contributed by atoms with Crippen LogP contribution in [0.25, 0.3) is 10.9 Å². The van der Waals surface area contributed by atoms with E-state index in [9.17, 15) is 9.59 Å². The highest BCUT2D eigenvalue weighted by Gasteiger charge is 2.34. The van der Waals surface area contributed by atoms with Crippen LogP contribution in [0.5, 0.6) is 0 Å². The maximum Gasteiger partial charge on any atom is 0.320 e. The molecule has 0 amide bonds. The minimum atomic E-state index is -0.876. The lowest BCUT2D eigenvalue weighted by molar-refractivity contribution is -0.159. The highest BCUT2D eigenvalue weighted by Crippen LogP contribution is 2.37. The number of para-hydroxylation sites is 1. The summed E-state index contributed by atoms with van der Waals surface area (Å²) in [5.74, 6) is -1.95. The van der Waals surface area contributed by atoms with Gasteiger partial charge in [-0.3, -0.25) is 14.5 Å². The SMILES string of the molecule is CCN1CCc2c([nH]c3ccccc23)C1CCC(C(=O)OC)C(=O)OC. The Morgan fingerprint density at radius 3 is 2.58 bits per heavy atom. The molecule has 1 aliphatic heterocycles. The van der Waals surface area contributed by atoms with Gasteiger partial charge in [0.1, 0.15) is 0 Å². The van der Waals surface area contributed by atoms with Crippen molar-refractivity contribution in [1.29, 1.82) is 0 Å². The molecule has 6 heteroatoms. The molecule has 3 rings (SSSR count). The second-order valence-electron chi connectivity index (χ2n) is 6.63. The van der Waals surface area contributed by atoms with Crippen LogP contribution >= 0.6 is 0 Å². The molecule has 6 nitrogen and oxygen atoms in total. The van der Waals surface area contributed by atoms with Crippen LogP contribution in [0.4, 0.5) is 0 Å². The van der Waals surface area contributed by atoms with Gasteiger partial charge in [-0.1, -0.05) is 25.1 Å². The fourth-order valence-corrected chi connectivity index (χ4v) is 4.01. The van der Waals surface area contributed by atoms with Gasteiger partial charge in [-0.05, 0) is 37.4 Å². The van der Waals surface area contributed by atoms with Crippen molar-refractivity contribution in [1.82, 2.24) is 9.88 Å². The van der Waals surface area contributed by atoms with E-state index in [2.05, 4.69) is 35.0 Å². The molecule has 1 aromatic heterocycles. The molecule has 2 heterocycles. The van der Waals surface area contributed by atoms with Gasteiger partial charge in [-0.25, -0.2) is 0 Å². The number of ether oxygens (including phenoxy) is 2. The first-order chi connectivity index (χ1) is 12.6. The lowest BCUT2D eigenvalue weighted by Crippen LogP contribution is -2.36. The Morgan fingerprint density at radius 1 is 1.23 bits per heavy atom. The number of fused-ring (bicyclic) bond motifs is 3. The molecule has 0 radical (unpaired) electrons. The summed E-state index contributed by atoms with van der Waals surface area (Å²) in [7, 11) is 2.60. The first kappa shape index (κ1) is 18.5. The number of hydrogen-bond acceptors (Lipinski definition) is 5. The predicted octanol–water partition coefficient (Wildman–Crippen LogP) is 2.83. The molecular weight excluding hydrogens is 332 g/mol. The topological polar surface area (TPSA) is 71.6 Å². The van der Waals surface area contributed by atoms with E-state index in [0.29, 0.717) is 12.8 Å². The molecular formula is C20H26N2O4. The average Bonchev–Trinajstić information content (AvgIpc) is 3.06. The monoisotopic (exact) mass is 358 g/mol. The molecule has 0 saturated heterocycles. The molecule has 0 spiro atoms. The number of carbonyl (C=O) groups is 2. The maximum atomic E-state index is 12.0. The first-order valence-electron chi connectivity index (χ1n) is 9.09. The summed E-state index contributed by atoms with van der Waals surface area (Å²) < 4.78 is 9.57. The van der Waals surface area contributed by atoms with Crippen LogP contribution in [0.15, 0.2) is 24.3 Å².